The van der Waals surface area contributed by atoms with Crippen LogP contribution in [0.2, 0.25) is 0 Å². The first kappa shape index (κ1) is 13.2. The minimum atomic E-state index is 0.0779. The Bertz CT molecular complexity index is 458. The zero-order valence-electron chi connectivity index (χ0n) is 10.5. The molecule has 5 heteroatoms. The van der Waals surface area contributed by atoms with Crippen LogP contribution in [0.4, 0.5) is 5.69 Å². The molecule has 1 aromatic rings. The lowest BCUT2D eigenvalue weighted by atomic mass is 9.85. The van der Waals surface area contributed by atoms with Crippen molar-refractivity contribution < 1.29 is 14.3 Å². The molecule has 0 saturated heterocycles. The van der Waals surface area contributed by atoms with Crippen molar-refractivity contribution in [3.05, 3.63) is 16.6 Å². The molecule has 0 atom stereocenters. The van der Waals surface area contributed by atoms with Crippen molar-refractivity contribution in [2.75, 3.05) is 19.5 Å². The topological polar surface area (TPSA) is 47.6 Å². The maximum Gasteiger partial charge on any atom is 0.227 e. The van der Waals surface area contributed by atoms with Crippen LogP contribution in [0.3, 0.4) is 0 Å². The molecule has 0 heterocycles. The molecule has 0 radical (unpaired) electrons. The molecule has 1 aliphatic carbocycles. The predicted molar refractivity (Wildman–Crippen MR) is 73.2 cm³/mol. The Labute approximate surface area is 115 Å². The number of carbonyl (C=O) groups excluding carboxylic acids is 1. The Kier molecular flexibility index (Phi) is 4.11. The lowest BCUT2D eigenvalue weighted by molar-refractivity contribution is -0.122. The summed E-state index contributed by atoms with van der Waals surface area (Å²) in [5, 5.41) is 2.92. The van der Waals surface area contributed by atoms with E-state index in [9.17, 15) is 4.79 Å². The highest BCUT2D eigenvalue weighted by Gasteiger charge is 2.25. The molecule has 1 N–H and O–H groups in total. The second kappa shape index (κ2) is 5.61. The third-order valence-electron chi connectivity index (χ3n) is 3.21. The highest BCUT2D eigenvalue weighted by molar-refractivity contribution is 9.10. The van der Waals surface area contributed by atoms with Gasteiger partial charge in [-0.25, -0.2) is 0 Å². The van der Waals surface area contributed by atoms with E-state index in [2.05, 4.69) is 21.2 Å². The summed E-state index contributed by atoms with van der Waals surface area (Å²) in [6.07, 6.45) is 3.11. The van der Waals surface area contributed by atoms with Gasteiger partial charge in [0.15, 0.2) is 11.5 Å². The third-order valence-corrected chi connectivity index (χ3v) is 3.86. The second-order valence-corrected chi connectivity index (χ2v) is 5.16. The van der Waals surface area contributed by atoms with Gasteiger partial charge in [-0.1, -0.05) is 6.42 Å². The lowest BCUT2D eigenvalue weighted by Crippen LogP contribution is -2.28. The summed E-state index contributed by atoms with van der Waals surface area (Å²) < 4.78 is 11.2. The van der Waals surface area contributed by atoms with Crippen molar-refractivity contribution in [3.8, 4) is 11.5 Å². The molecule has 98 valence electrons. The van der Waals surface area contributed by atoms with Gasteiger partial charge >= 0.3 is 0 Å². The first-order valence-corrected chi connectivity index (χ1v) is 6.67. The van der Waals surface area contributed by atoms with Gasteiger partial charge in [-0.15, -0.1) is 0 Å². The van der Waals surface area contributed by atoms with Gasteiger partial charge in [0.05, 0.1) is 19.9 Å². The van der Waals surface area contributed by atoms with Gasteiger partial charge in [-0.3, -0.25) is 4.79 Å². The van der Waals surface area contributed by atoms with E-state index >= 15 is 0 Å². The maximum absolute atomic E-state index is 11.9. The van der Waals surface area contributed by atoms with E-state index in [0.29, 0.717) is 17.2 Å². The van der Waals surface area contributed by atoms with Gasteiger partial charge in [0.1, 0.15) is 0 Å². The van der Waals surface area contributed by atoms with E-state index in [1.54, 1.807) is 26.4 Å². The van der Waals surface area contributed by atoms with Gasteiger partial charge < -0.3 is 14.8 Å². The Balaban J connectivity index is 2.18. The molecule has 2 rings (SSSR count). The molecule has 18 heavy (non-hydrogen) atoms. The quantitative estimate of drug-likeness (QED) is 0.928. The number of ether oxygens (including phenoxy) is 2. The van der Waals surface area contributed by atoms with Crippen LogP contribution in [0, 0.1) is 5.92 Å². The van der Waals surface area contributed by atoms with Crippen molar-refractivity contribution in [2.24, 2.45) is 5.92 Å². The van der Waals surface area contributed by atoms with Crippen LogP contribution in [-0.4, -0.2) is 20.1 Å². The van der Waals surface area contributed by atoms with Gasteiger partial charge in [0.25, 0.3) is 0 Å². The molecule has 1 saturated carbocycles. The van der Waals surface area contributed by atoms with E-state index in [1.165, 1.54) is 0 Å². The standard InChI is InChI=1S/C13H16BrNO3/c1-17-11-6-9(14)10(7-12(11)18-2)15-13(16)8-4-3-5-8/h6-8H,3-5H2,1-2H3,(H,15,16). The molecular formula is C13H16BrNO3. The van der Waals surface area contributed by atoms with Crippen LogP contribution in [-0.2, 0) is 4.79 Å². The number of methoxy groups -OCH3 is 2. The Hall–Kier alpha value is -1.23. The third kappa shape index (κ3) is 2.61. The van der Waals surface area contributed by atoms with E-state index in [4.69, 9.17) is 9.47 Å². The molecule has 0 aliphatic heterocycles. The number of nitrogens with one attached hydrogen (secondary N) is 1. The number of amides is 1. The van der Waals surface area contributed by atoms with Crippen molar-refractivity contribution in [1.82, 2.24) is 0 Å². The van der Waals surface area contributed by atoms with E-state index in [-0.39, 0.29) is 11.8 Å². The Morgan fingerprint density at radius 1 is 1.28 bits per heavy atom. The first-order chi connectivity index (χ1) is 8.65. The first-order valence-electron chi connectivity index (χ1n) is 5.88. The molecule has 0 spiro atoms. The number of hydrogen-bond donors (Lipinski definition) is 1. The summed E-state index contributed by atoms with van der Waals surface area (Å²) in [7, 11) is 3.15. The fourth-order valence-electron chi connectivity index (χ4n) is 1.86. The molecular weight excluding hydrogens is 298 g/mol. The minimum absolute atomic E-state index is 0.0779. The summed E-state index contributed by atoms with van der Waals surface area (Å²) in [5.74, 6) is 1.47. The van der Waals surface area contributed by atoms with E-state index in [1.807, 2.05) is 0 Å². The molecule has 1 fully saturated rings. The van der Waals surface area contributed by atoms with Gasteiger partial charge in [0.2, 0.25) is 5.91 Å². The average molecular weight is 314 g/mol. The van der Waals surface area contributed by atoms with Crippen LogP contribution in [0.15, 0.2) is 16.6 Å². The molecule has 1 aliphatic rings. The largest absolute Gasteiger partial charge is 0.493 e. The molecule has 1 aromatic carbocycles. The minimum Gasteiger partial charge on any atom is -0.493 e. The number of carbonyl (C=O) groups is 1. The average Bonchev–Trinajstić information content (AvgIpc) is 2.28. The van der Waals surface area contributed by atoms with Crippen molar-refractivity contribution >= 4 is 27.5 Å². The summed E-state index contributed by atoms with van der Waals surface area (Å²) in [6.45, 7) is 0. The van der Waals surface area contributed by atoms with Crippen LogP contribution in [0.1, 0.15) is 19.3 Å². The normalized spacial score (nSPS) is 14.8. The van der Waals surface area contributed by atoms with Crippen molar-refractivity contribution in [3.63, 3.8) is 0 Å². The number of anilines is 1. The summed E-state index contributed by atoms with van der Waals surface area (Å²) in [5.41, 5.74) is 0.713. The number of benzene rings is 1. The SMILES string of the molecule is COc1cc(Br)c(NC(=O)C2CCC2)cc1OC. The monoisotopic (exact) mass is 313 g/mol. The van der Waals surface area contributed by atoms with E-state index in [0.717, 1.165) is 23.7 Å². The van der Waals surface area contributed by atoms with Crippen molar-refractivity contribution in [1.29, 1.82) is 0 Å². The summed E-state index contributed by atoms with van der Waals surface area (Å²) in [4.78, 5) is 11.9. The van der Waals surface area contributed by atoms with Crippen LogP contribution < -0.4 is 14.8 Å². The molecule has 4 nitrogen and oxygen atoms in total. The molecule has 0 aromatic heterocycles. The lowest BCUT2D eigenvalue weighted by Gasteiger charge is -2.24. The molecule has 0 bridgehead atoms. The zero-order valence-corrected chi connectivity index (χ0v) is 12.0. The fraction of sp³-hybridized carbons (Fsp3) is 0.462. The Morgan fingerprint density at radius 3 is 2.39 bits per heavy atom. The fourth-order valence-corrected chi connectivity index (χ4v) is 2.28. The number of halogens is 1. The maximum atomic E-state index is 11.9. The van der Waals surface area contributed by atoms with E-state index < -0.39 is 0 Å². The van der Waals surface area contributed by atoms with Crippen molar-refractivity contribution in [2.45, 2.75) is 19.3 Å². The van der Waals surface area contributed by atoms with Crippen LogP contribution in [0.25, 0.3) is 0 Å². The zero-order chi connectivity index (χ0) is 13.1. The Morgan fingerprint density at radius 2 is 1.89 bits per heavy atom. The van der Waals surface area contributed by atoms with Gasteiger partial charge in [-0.2, -0.15) is 0 Å². The highest BCUT2D eigenvalue weighted by atomic mass is 79.9. The summed E-state index contributed by atoms with van der Waals surface area (Å²) in [6, 6.07) is 3.55. The van der Waals surface area contributed by atoms with Crippen LogP contribution >= 0.6 is 15.9 Å². The smallest absolute Gasteiger partial charge is 0.227 e. The predicted octanol–water partition coefficient (Wildman–Crippen LogP) is 3.20. The summed E-state index contributed by atoms with van der Waals surface area (Å²) >= 11 is 3.42. The van der Waals surface area contributed by atoms with Gasteiger partial charge in [0, 0.05) is 22.5 Å². The number of hydrogen-bond acceptors (Lipinski definition) is 3. The number of rotatable bonds is 4. The van der Waals surface area contributed by atoms with Crippen LogP contribution in [0.5, 0.6) is 11.5 Å². The van der Waals surface area contributed by atoms with Gasteiger partial charge in [-0.05, 0) is 28.8 Å². The molecule has 0 unspecified atom stereocenters. The second-order valence-electron chi connectivity index (χ2n) is 4.30. The highest BCUT2D eigenvalue weighted by Crippen LogP contribution is 2.37. The molecule has 1 amide bonds.